The van der Waals surface area contributed by atoms with Crippen molar-refractivity contribution in [3.8, 4) is 0 Å². The number of hydrogen-bond acceptors (Lipinski definition) is 5. The molecule has 2 saturated heterocycles. The molecule has 9 heteroatoms. The molecule has 0 N–H and O–H groups in total. The fourth-order valence-corrected chi connectivity index (χ4v) is 5.42. The van der Waals surface area contributed by atoms with E-state index in [2.05, 4.69) is 18.3 Å². The summed E-state index contributed by atoms with van der Waals surface area (Å²) >= 11 is 0. The van der Waals surface area contributed by atoms with Gasteiger partial charge in [0.05, 0.1) is 46.4 Å². The van der Waals surface area contributed by atoms with Crippen molar-refractivity contribution >= 4 is 22.3 Å². The molecule has 0 bridgehead atoms. The third kappa shape index (κ3) is 3.62. The number of ether oxygens (including phenoxy) is 2. The van der Waals surface area contributed by atoms with E-state index in [-0.39, 0.29) is 28.3 Å². The average Bonchev–Trinajstić information content (AvgIpc) is 3.12. The Morgan fingerprint density at radius 1 is 1.21 bits per heavy atom. The van der Waals surface area contributed by atoms with Gasteiger partial charge in [-0.1, -0.05) is 19.2 Å². The third-order valence-corrected chi connectivity index (χ3v) is 6.95. The maximum absolute atomic E-state index is 14.2. The van der Waals surface area contributed by atoms with Crippen molar-refractivity contribution in [3.63, 3.8) is 0 Å². The van der Waals surface area contributed by atoms with Crippen molar-refractivity contribution in [1.82, 2.24) is 14.7 Å². The molecular formula is C20H24FN3O4S. The van der Waals surface area contributed by atoms with Gasteiger partial charge < -0.3 is 14.4 Å². The second-order valence-electron chi connectivity index (χ2n) is 7.21. The molecular weight excluding hydrogens is 397 g/mol. The summed E-state index contributed by atoms with van der Waals surface area (Å²) in [7, 11) is -1.66. The zero-order valence-corrected chi connectivity index (χ0v) is 17.0. The van der Waals surface area contributed by atoms with Crippen LogP contribution in [0.3, 0.4) is 0 Å². The van der Waals surface area contributed by atoms with Gasteiger partial charge in [-0.25, -0.2) is 4.39 Å². The highest BCUT2D eigenvalue weighted by molar-refractivity contribution is 7.88. The van der Waals surface area contributed by atoms with E-state index in [0.29, 0.717) is 56.3 Å². The molecule has 0 saturated carbocycles. The lowest BCUT2D eigenvalue weighted by atomic mass is 10.0. The van der Waals surface area contributed by atoms with Crippen LogP contribution in [0, 0.1) is 0 Å². The Kier molecular flexibility index (Phi) is 5.80. The molecule has 4 rings (SSSR count). The molecule has 156 valence electrons. The molecule has 2 fully saturated rings. The van der Waals surface area contributed by atoms with Gasteiger partial charge >= 0.3 is 0 Å². The molecule has 1 aromatic rings. The summed E-state index contributed by atoms with van der Waals surface area (Å²) in [4.78, 5) is 15.0. The Morgan fingerprint density at radius 3 is 2.48 bits per heavy atom. The molecule has 1 unspecified atom stereocenters. The van der Waals surface area contributed by atoms with Gasteiger partial charge in [-0.05, 0) is 12.8 Å². The first-order valence-electron chi connectivity index (χ1n) is 9.69. The van der Waals surface area contributed by atoms with Crippen LogP contribution >= 0.6 is 0 Å². The van der Waals surface area contributed by atoms with Crippen molar-refractivity contribution in [3.05, 3.63) is 46.9 Å². The Labute approximate surface area is 171 Å². The summed E-state index contributed by atoms with van der Waals surface area (Å²) < 4.78 is 39.6. The highest BCUT2D eigenvalue weighted by atomic mass is 32.2. The van der Waals surface area contributed by atoms with Gasteiger partial charge in [0.25, 0.3) is 5.91 Å². The first kappa shape index (κ1) is 20.2. The molecule has 1 aromatic heterocycles. The summed E-state index contributed by atoms with van der Waals surface area (Å²) in [6.07, 6.45) is 2.95. The molecule has 3 aliphatic rings. The average molecular weight is 421 g/mol. The highest BCUT2D eigenvalue weighted by Crippen LogP contribution is 2.40. The van der Waals surface area contributed by atoms with Gasteiger partial charge in [-0.2, -0.15) is 5.10 Å². The zero-order chi connectivity index (χ0) is 20.5. The zero-order valence-electron chi connectivity index (χ0n) is 16.2. The van der Waals surface area contributed by atoms with Crippen LogP contribution in [0.2, 0.25) is 0 Å². The van der Waals surface area contributed by atoms with Crippen molar-refractivity contribution in [2.75, 3.05) is 39.5 Å². The van der Waals surface area contributed by atoms with E-state index in [1.807, 2.05) is 0 Å². The van der Waals surface area contributed by atoms with Crippen LogP contribution in [-0.2, 0) is 26.0 Å². The standard InChI is InChI=1S/C20H24FN3O4S/c1-3-15-18-16(12-29(26)19(15)13(2)21)17(20(25)23-6-10-28-11-7-23)22-24(18)14-4-8-27-9-5-14/h3,14H,1-2,4-12H2. The van der Waals surface area contributed by atoms with E-state index in [1.165, 1.54) is 6.08 Å². The maximum atomic E-state index is 14.2. The number of morpholine rings is 1. The number of rotatable bonds is 4. The van der Waals surface area contributed by atoms with E-state index in [4.69, 9.17) is 9.47 Å². The fraction of sp³-hybridized carbons (Fsp3) is 0.500. The van der Waals surface area contributed by atoms with Crippen molar-refractivity contribution in [2.45, 2.75) is 24.6 Å². The van der Waals surface area contributed by atoms with E-state index in [0.717, 1.165) is 12.8 Å². The summed E-state index contributed by atoms with van der Waals surface area (Å²) in [6, 6.07) is 0.0133. The summed E-state index contributed by atoms with van der Waals surface area (Å²) in [5.41, 5.74) is 1.89. The van der Waals surface area contributed by atoms with Gasteiger partial charge in [-0.3, -0.25) is 13.7 Å². The molecule has 1 atom stereocenters. The van der Waals surface area contributed by atoms with Crippen LogP contribution in [-0.4, -0.2) is 64.3 Å². The Balaban J connectivity index is 1.87. The van der Waals surface area contributed by atoms with Gasteiger partial charge in [0.1, 0.15) is 5.83 Å². The monoisotopic (exact) mass is 421 g/mol. The van der Waals surface area contributed by atoms with Crippen molar-refractivity contribution < 1.29 is 22.9 Å². The fourth-order valence-electron chi connectivity index (χ4n) is 4.07. The summed E-state index contributed by atoms with van der Waals surface area (Å²) in [5.74, 6) is -0.928. The molecule has 0 aromatic carbocycles. The number of fused-ring (bicyclic) bond motifs is 1. The lowest BCUT2D eigenvalue weighted by Gasteiger charge is -2.27. The second kappa shape index (κ2) is 8.33. The normalized spacial score (nSPS) is 23.1. The Hall–Kier alpha value is -2.10. The number of carbonyl (C=O) groups is 1. The number of nitrogens with zero attached hydrogens (tertiary/aromatic N) is 3. The SMILES string of the molecule is C=CC1=C(C(=C)F)S(=O)Cc2c(C(=O)N3CCOCC3)nn(C3CCOCC3)c21. The molecule has 3 aliphatic heterocycles. The Morgan fingerprint density at radius 2 is 1.86 bits per heavy atom. The number of amides is 1. The van der Waals surface area contributed by atoms with Crippen LogP contribution in [0.25, 0.3) is 5.57 Å². The van der Waals surface area contributed by atoms with Crippen LogP contribution < -0.4 is 0 Å². The molecule has 0 radical (unpaired) electrons. The second-order valence-corrected chi connectivity index (χ2v) is 8.60. The van der Waals surface area contributed by atoms with Crippen LogP contribution in [0.4, 0.5) is 4.39 Å². The van der Waals surface area contributed by atoms with E-state index in [9.17, 15) is 13.4 Å². The van der Waals surface area contributed by atoms with Gasteiger partial charge in [0.15, 0.2) is 5.69 Å². The van der Waals surface area contributed by atoms with E-state index in [1.54, 1.807) is 9.58 Å². The molecule has 29 heavy (non-hydrogen) atoms. The molecule has 1 amide bonds. The predicted molar refractivity (Wildman–Crippen MR) is 107 cm³/mol. The summed E-state index contributed by atoms with van der Waals surface area (Å²) in [6.45, 7) is 10.3. The van der Waals surface area contributed by atoms with Crippen LogP contribution in [0.15, 0.2) is 30.0 Å². The lowest BCUT2D eigenvalue weighted by molar-refractivity contribution is 0.0296. The number of carbonyl (C=O) groups excluding carboxylic acids is 1. The minimum Gasteiger partial charge on any atom is -0.381 e. The number of allylic oxidation sites excluding steroid dienone is 3. The van der Waals surface area contributed by atoms with E-state index < -0.39 is 16.6 Å². The number of aromatic nitrogens is 2. The molecule has 4 heterocycles. The Bertz CT molecular complexity index is 911. The largest absolute Gasteiger partial charge is 0.381 e. The first-order chi connectivity index (χ1) is 14.0. The highest BCUT2D eigenvalue weighted by Gasteiger charge is 2.37. The molecule has 7 nitrogen and oxygen atoms in total. The third-order valence-electron chi connectivity index (χ3n) is 5.50. The first-order valence-corrected chi connectivity index (χ1v) is 11.0. The van der Waals surface area contributed by atoms with Gasteiger partial charge in [-0.15, -0.1) is 0 Å². The van der Waals surface area contributed by atoms with Crippen LogP contribution in [0.5, 0.6) is 0 Å². The minimum absolute atomic E-state index is 0.0133. The number of halogens is 1. The van der Waals surface area contributed by atoms with Gasteiger partial charge in [0.2, 0.25) is 0 Å². The predicted octanol–water partition coefficient (Wildman–Crippen LogP) is 2.35. The minimum atomic E-state index is -1.66. The maximum Gasteiger partial charge on any atom is 0.274 e. The van der Waals surface area contributed by atoms with Crippen LogP contribution in [0.1, 0.15) is 40.6 Å². The smallest absolute Gasteiger partial charge is 0.274 e. The van der Waals surface area contributed by atoms with Crippen molar-refractivity contribution in [2.24, 2.45) is 0 Å². The lowest BCUT2D eigenvalue weighted by Crippen LogP contribution is -2.41. The summed E-state index contributed by atoms with van der Waals surface area (Å²) in [5, 5.41) is 4.68. The quantitative estimate of drug-likeness (QED) is 0.746. The molecule has 0 spiro atoms. The van der Waals surface area contributed by atoms with Gasteiger partial charge in [0, 0.05) is 37.4 Å². The van der Waals surface area contributed by atoms with Crippen molar-refractivity contribution in [1.29, 1.82) is 0 Å². The topological polar surface area (TPSA) is 73.7 Å². The molecule has 0 aliphatic carbocycles. The number of hydrogen-bond donors (Lipinski definition) is 0. The van der Waals surface area contributed by atoms with E-state index >= 15 is 0 Å².